The van der Waals surface area contributed by atoms with E-state index in [1.54, 1.807) is 0 Å². The first kappa shape index (κ1) is 25.4. The second-order valence-electron chi connectivity index (χ2n) is 8.97. The molecule has 3 rings (SSSR count). The van der Waals surface area contributed by atoms with Crippen molar-refractivity contribution in [2.45, 2.75) is 51.6 Å². The maximum atomic E-state index is 4.57. The zero-order chi connectivity index (χ0) is 20.5. The average molecular weight is 528 g/mol. The van der Waals surface area contributed by atoms with Gasteiger partial charge in [-0.2, -0.15) is 0 Å². The maximum Gasteiger partial charge on any atom is 0.193 e. The van der Waals surface area contributed by atoms with Gasteiger partial charge in [0, 0.05) is 45.8 Å². The molecule has 5 nitrogen and oxygen atoms in total. The lowest BCUT2D eigenvalue weighted by molar-refractivity contribution is 0.198. The first-order valence-corrected chi connectivity index (χ1v) is 11.6. The van der Waals surface area contributed by atoms with Crippen LogP contribution in [0.4, 0.5) is 0 Å². The van der Waals surface area contributed by atoms with Crippen molar-refractivity contribution in [3.05, 3.63) is 35.9 Å². The first-order chi connectivity index (χ1) is 14.2. The molecule has 1 N–H and O–H groups in total. The van der Waals surface area contributed by atoms with Crippen molar-refractivity contribution >= 4 is 29.9 Å². The summed E-state index contributed by atoms with van der Waals surface area (Å²) in [6.45, 7) is 10.5. The molecule has 2 atom stereocenters. The standard InChI is InChI=1S/C24H41N5.HI/c1-21(27(3)18-22-10-6-4-7-11-22)12-14-26-24(25-2)29-17-13-23(20-29)19-28-15-8-5-9-16-28;/h4,6-7,10-11,21,23H,5,8-9,12-20H2,1-3H3,(H,25,26);1H. The van der Waals surface area contributed by atoms with Crippen LogP contribution in [0.25, 0.3) is 0 Å². The Kier molecular flexibility index (Phi) is 11.5. The zero-order valence-electron chi connectivity index (χ0n) is 19.2. The van der Waals surface area contributed by atoms with Crippen molar-refractivity contribution in [2.75, 3.05) is 53.4 Å². The lowest BCUT2D eigenvalue weighted by Gasteiger charge is -2.29. The quantitative estimate of drug-likeness (QED) is 0.316. The number of piperidine rings is 1. The van der Waals surface area contributed by atoms with Gasteiger partial charge in [-0.25, -0.2) is 0 Å². The SMILES string of the molecule is CN=C(NCCC(C)N(C)Cc1ccccc1)N1CCC(CN2CCCCC2)C1.I. The third-order valence-electron chi connectivity index (χ3n) is 6.63. The highest BCUT2D eigenvalue weighted by Crippen LogP contribution is 2.20. The first-order valence-electron chi connectivity index (χ1n) is 11.6. The molecule has 30 heavy (non-hydrogen) atoms. The molecular weight excluding hydrogens is 485 g/mol. The number of guanidine groups is 1. The lowest BCUT2D eigenvalue weighted by Crippen LogP contribution is -2.42. The smallest absolute Gasteiger partial charge is 0.193 e. The fraction of sp³-hybridized carbons (Fsp3) is 0.708. The minimum atomic E-state index is 0. The van der Waals surface area contributed by atoms with Crippen molar-refractivity contribution < 1.29 is 0 Å². The van der Waals surface area contributed by atoms with Crippen LogP contribution < -0.4 is 5.32 Å². The van der Waals surface area contributed by atoms with Gasteiger partial charge in [-0.05, 0) is 64.2 Å². The van der Waals surface area contributed by atoms with Gasteiger partial charge < -0.3 is 15.1 Å². The zero-order valence-corrected chi connectivity index (χ0v) is 21.6. The van der Waals surface area contributed by atoms with Crippen LogP contribution in [-0.2, 0) is 6.54 Å². The minimum absolute atomic E-state index is 0. The molecule has 0 saturated carbocycles. The molecule has 2 aliphatic rings. The molecule has 0 aliphatic carbocycles. The summed E-state index contributed by atoms with van der Waals surface area (Å²) in [6.07, 6.45) is 6.61. The Bertz CT molecular complexity index is 617. The molecule has 2 heterocycles. The normalized spacial score (nSPS) is 21.5. The maximum absolute atomic E-state index is 4.57. The topological polar surface area (TPSA) is 34.1 Å². The molecule has 6 heteroatoms. The predicted octanol–water partition coefficient (Wildman–Crippen LogP) is 3.90. The highest BCUT2D eigenvalue weighted by molar-refractivity contribution is 14.0. The van der Waals surface area contributed by atoms with Crippen LogP contribution in [0.3, 0.4) is 0 Å². The van der Waals surface area contributed by atoms with Gasteiger partial charge in [0.2, 0.25) is 0 Å². The van der Waals surface area contributed by atoms with E-state index >= 15 is 0 Å². The van der Waals surface area contributed by atoms with Crippen LogP contribution >= 0.6 is 24.0 Å². The van der Waals surface area contributed by atoms with Crippen molar-refractivity contribution in [2.24, 2.45) is 10.9 Å². The fourth-order valence-corrected chi connectivity index (χ4v) is 4.65. The van der Waals surface area contributed by atoms with E-state index in [0.29, 0.717) is 6.04 Å². The van der Waals surface area contributed by atoms with E-state index in [1.807, 2.05) is 7.05 Å². The van der Waals surface area contributed by atoms with Gasteiger partial charge in [0.15, 0.2) is 5.96 Å². The molecule has 2 saturated heterocycles. The number of nitrogens with one attached hydrogen (secondary N) is 1. The van der Waals surface area contributed by atoms with E-state index in [1.165, 1.54) is 50.9 Å². The lowest BCUT2D eigenvalue weighted by atomic mass is 10.1. The molecule has 2 aliphatic heterocycles. The largest absolute Gasteiger partial charge is 0.356 e. The van der Waals surface area contributed by atoms with Crippen molar-refractivity contribution in [3.8, 4) is 0 Å². The Labute approximate surface area is 201 Å². The van der Waals surface area contributed by atoms with E-state index in [2.05, 4.69) is 69.3 Å². The number of benzene rings is 1. The second kappa shape index (κ2) is 13.5. The molecule has 0 spiro atoms. The Morgan fingerprint density at radius 2 is 1.90 bits per heavy atom. The minimum Gasteiger partial charge on any atom is -0.356 e. The van der Waals surface area contributed by atoms with Crippen molar-refractivity contribution in [1.82, 2.24) is 20.0 Å². The number of nitrogens with zero attached hydrogens (tertiary/aromatic N) is 4. The van der Waals surface area contributed by atoms with Crippen LogP contribution in [0.1, 0.15) is 44.6 Å². The van der Waals surface area contributed by atoms with Crippen LogP contribution in [0, 0.1) is 5.92 Å². The Hall–Kier alpha value is -0.860. The molecule has 2 unspecified atom stereocenters. The Morgan fingerprint density at radius 3 is 2.60 bits per heavy atom. The van der Waals surface area contributed by atoms with Crippen LogP contribution in [0.15, 0.2) is 35.3 Å². The summed E-state index contributed by atoms with van der Waals surface area (Å²) in [5, 5.41) is 3.62. The summed E-state index contributed by atoms with van der Waals surface area (Å²) in [5.74, 6) is 1.88. The summed E-state index contributed by atoms with van der Waals surface area (Å²) < 4.78 is 0. The van der Waals surface area contributed by atoms with E-state index in [4.69, 9.17) is 0 Å². The fourth-order valence-electron chi connectivity index (χ4n) is 4.65. The summed E-state index contributed by atoms with van der Waals surface area (Å²) in [4.78, 5) is 12.1. The van der Waals surface area contributed by atoms with Crippen LogP contribution in [0.2, 0.25) is 0 Å². The molecule has 0 aromatic heterocycles. The molecule has 2 fully saturated rings. The Morgan fingerprint density at radius 1 is 1.17 bits per heavy atom. The third kappa shape index (κ3) is 8.00. The summed E-state index contributed by atoms with van der Waals surface area (Å²) >= 11 is 0. The van der Waals surface area contributed by atoms with E-state index < -0.39 is 0 Å². The Balaban J connectivity index is 0.00000320. The number of likely N-dealkylation sites (tertiary alicyclic amines) is 2. The van der Waals surface area contributed by atoms with Gasteiger partial charge in [-0.3, -0.25) is 9.89 Å². The number of halogens is 1. The highest BCUT2D eigenvalue weighted by Gasteiger charge is 2.27. The number of rotatable bonds is 8. The molecule has 0 radical (unpaired) electrons. The third-order valence-corrected chi connectivity index (χ3v) is 6.63. The summed E-state index contributed by atoms with van der Waals surface area (Å²) in [6, 6.07) is 11.3. The van der Waals surface area contributed by atoms with Gasteiger partial charge in [-0.1, -0.05) is 36.8 Å². The number of hydrogen-bond acceptors (Lipinski definition) is 3. The highest BCUT2D eigenvalue weighted by atomic mass is 127. The second-order valence-corrected chi connectivity index (χ2v) is 8.97. The van der Waals surface area contributed by atoms with Crippen molar-refractivity contribution in [3.63, 3.8) is 0 Å². The van der Waals surface area contributed by atoms with Gasteiger partial charge in [-0.15, -0.1) is 24.0 Å². The predicted molar refractivity (Wildman–Crippen MR) is 139 cm³/mol. The van der Waals surface area contributed by atoms with Gasteiger partial charge in [0.25, 0.3) is 0 Å². The molecule has 0 amide bonds. The van der Waals surface area contributed by atoms with Crippen LogP contribution in [0.5, 0.6) is 0 Å². The molecule has 0 bridgehead atoms. The molecule has 170 valence electrons. The van der Waals surface area contributed by atoms with E-state index in [0.717, 1.165) is 44.5 Å². The van der Waals surface area contributed by atoms with Crippen LogP contribution in [-0.4, -0.2) is 80.1 Å². The average Bonchev–Trinajstić information content (AvgIpc) is 3.20. The molecule has 1 aromatic rings. The molecule has 1 aromatic carbocycles. The van der Waals surface area contributed by atoms with E-state index in [-0.39, 0.29) is 24.0 Å². The van der Waals surface area contributed by atoms with E-state index in [9.17, 15) is 0 Å². The van der Waals surface area contributed by atoms with Gasteiger partial charge >= 0.3 is 0 Å². The van der Waals surface area contributed by atoms with Gasteiger partial charge in [0.1, 0.15) is 0 Å². The summed E-state index contributed by atoms with van der Waals surface area (Å²) in [5.41, 5.74) is 1.38. The number of hydrogen-bond donors (Lipinski definition) is 1. The molecular formula is C24H42IN5. The summed E-state index contributed by atoms with van der Waals surface area (Å²) in [7, 11) is 4.14. The number of aliphatic imine (C=N–C) groups is 1. The van der Waals surface area contributed by atoms with Crippen molar-refractivity contribution in [1.29, 1.82) is 0 Å². The van der Waals surface area contributed by atoms with Gasteiger partial charge in [0.05, 0.1) is 0 Å². The monoisotopic (exact) mass is 527 g/mol.